The van der Waals surface area contributed by atoms with Gasteiger partial charge in [-0.25, -0.2) is 0 Å². The molecule has 1 amide bonds. The molecule has 0 heterocycles. The number of nitrogens with two attached hydrogens (primary N) is 1. The lowest BCUT2D eigenvalue weighted by Gasteiger charge is -2.03. The van der Waals surface area contributed by atoms with Crippen LogP contribution < -0.4 is 5.73 Å². The quantitative estimate of drug-likeness (QED) is 0.608. The summed E-state index contributed by atoms with van der Waals surface area (Å²) < 4.78 is 0. The van der Waals surface area contributed by atoms with Crippen molar-refractivity contribution >= 4 is 11.7 Å². The summed E-state index contributed by atoms with van der Waals surface area (Å²) in [6.07, 6.45) is 4.95. The Morgan fingerprint density at radius 3 is 1.93 bits per heavy atom. The number of ketones is 1. The third-order valence-corrected chi connectivity index (χ3v) is 2.24. The fourth-order valence-corrected chi connectivity index (χ4v) is 1.24. The zero-order valence-electron chi connectivity index (χ0n) is 9.21. The van der Waals surface area contributed by atoms with Crippen LogP contribution in [0.15, 0.2) is 0 Å². The van der Waals surface area contributed by atoms with E-state index in [4.69, 9.17) is 5.73 Å². The van der Waals surface area contributed by atoms with Gasteiger partial charge in [0.2, 0.25) is 5.91 Å². The number of carbonyl (C=O) groups excluding carboxylic acids is 2. The average Bonchev–Trinajstić information content (AvgIpc) is 2.09. The molecular weight excluding hydrogens is 178 g/mol. The van der Waals surface area contributed by atoms with Gasteiger partial charge in [-0.15, -0.1) is 0 Å². The highest BCUT2D eigenvalue weighted by Gasteiger charge is 2.05. The van der Waals surface area contributed by atoms with Crippen LogP contribution in [0.25, 0.3) is 0 Å². The summed E-state index contributed by atoms with van der Waals surface area (Å²) in [5.74, 6) is 0.253. The topological polar surface area (TPSA) is 60.2 Å². The van der Waals surface area contributed by atoms with E-state index in [1.54, 1.807) is 0 Å². The summed E-state index contributed by atoms with van der Waals surface area (Å²) in [5.41, 5.74) is 5.00. The summed E-state index contributed by atoms with van der Waals surface area (Å²) in [7, 11) is 0. The maximum atomic E-state index is 11.2. The summed E-state index contributed by atoms with van der Waals surface area (Å²) in [6, 6.07) is 0. The van der Waals surface area contributed by atoms with Crippen molar-refractivity contribution in [1.82, 2.24) is 0 Å². The van der Waals surface area contributed by atoms with Crippen molar-refractivity contribution in [2.45, 2.75) is 52.4 Å². The molecule has 3 heteroatoms. The number of hydrogen-bond donors (Lipinski definition) is 1. The maximum absolute atomic E-state index is 11.2. The molecule has 14 heavy (non-hydrogen) atoms. The smallest absolute Gasteiger partial charge is 0.217 e. The first-order chi connectivity index (χ1) is 6.54. The van der Waals surface area contributed by atoms with Gasteiger partial charge in [0, 0.05) is 18.8 Å². The SMILES string of the molecule is CC(C)C(=O)CCCCCCC(N)=O. The lowest BCUT2D eigenvalue weighted by atomic mass is 10.0. The summed E-state index contributed by atoms with van der Waals surface area (Å²) in [6.45, 7) is 3.85. The van der Waals surface area contributed by atoms with Gasteiger partial charge in [0.15, 0.2) is 0 Å². The van der Waals surface area contributed by atoms with Crippen LogP contribution in [-0.2, 0) is 9.59 Å². The molecule has 0 aromatic rings. The second kappa shape index (κ2) is 7.54. The van der Waals surface area contributed by atoms with Crippen molar-refractivity contribution in [3.8, 4) is 0 Å². The van der Waals surface area contributed by atoms with Gasteiger partial charge in [0.1, 0.15) is 5.78 Å². The fraction of sp³-hybridized carbons (Fsp3) is 0.818. The van der Waals surface area contributed by atoms with Crippen LogP contribution in [0.2, 0.25) is 0 Å². The zero-order valence-corrected chi connectivity index (χ0v) is 9.21. The maximum Gasteiger partial charge on any atom is 0.217 e. The van der Waals surface area contributed by atoms with Crippen LogP contribution >= 0.6 is 0 Å². The molecule has 0 atom stereocenters. The number of Topliss-reactive ketones (excluding diaryl/α,β-unsaturated/α-hetero) is 1. The average molecular weight is 199 g/mol. The van der Waals surface area contributed by atoms with Crippen LogP contribution in [0.3, 0.4) is 0 Å². The van der Waals surface area contributed by atoms with Crippen molar-refractivity contribution in [2.24, 2.45) is 11.7 Å². The summed E-state index contributed by atoms with van der Waals surface area (Å²) in [5, 5.41) is 0. The molecule has 0 spiro atoms. The minimum atomic E-state index is -0.233. The van der Waals surface area contributed by atoms with Crippen molar-refractivity contribution in [3.63, 3.8) is 0 Å². The van der Waals surface area contributed by atoms with Gasteiger partial charge >= 0.3 is 0 Å². The number of amides is 1. The lowest BCUT2D eigenvalue weighted by Crippen LogP contribution is -2.09. The van der Waals surface area contributed by atoms with Gasteiger partial charge in [-0.2, -0.15) is 0 Å². The molecule has 0 unspecified atom stereocenters. The molecule has 0 fully saturated rings. The molecule has 0 saturated heterocycles. The minimum Gasteiger partial charge on any atom is -0.370 e. The van der Waals surface area contributed by atoms with E-state index in [1.807, 2.05) is 13.8 Å². The summed E-state index contributed by atoms with van der Waals surface area (Å²) >= 11 is 0. The second-order valence-corrected chi connectivity index (χ2v) is 4.00. The molecule has 0 aromatic carbocycles. The number of rotatable bonds is 8. The molecule has 0 aliphatic carbocycles. The van der Waals surface area contributed by atoms with E-state index in [0.29, 0.717) is 18.6 Å². The Balaban J connectivity index is 3.22. The summed E-state index contributed by atoms with van der Waals surface area (Å²) in [4.78, 5) is 21.6. The van der Waals surface area contributed by atoms with Crippen molar-refractivity contribution in [2.75, 3.05) is 0 Å². The van der Waals surface area contributed by atoms with E-state index < -0.39 is 0 Å². The Kier molecular flexibility index (Phi) is 7.07. The van der Waals surface area contributed by atoms with Gasteiger partial charge in [-0.1, -0.05) is 26.7 Å². The highest BCUT2D eigenvalue weighted by atomic mass is 16.1. The third kappa shape index (κ3) is 7.77. The second-order valence-electron chi connectivity index (χ2n) is 4.00. The first-order valence-electron chi connectivity index (χ1n) is 5.35. The van der Waals surface area contributed by atoms with E-state index in [0.717, 1.165) is 25.7 Å². The van der Waals surface area contributed by atoms with E-state index in [2.05, 4.69) is 0 Å². The van der Waals surface area contributed by atoms with Crippen LogP contribution in [0.5, 0.6) is 0 Å². The molecule has 0 aliphatic rings. The molecule has 0 saturated carbocycles. The van der Waals surface area contributed by atoms with Crippen molar-refractivity contribution in [3.05, 3.63) is 0 Å². The number of primary amides is 1. The van der Waals surface area contributed by atoms with Gasteiger partial charge in [0.05, 0.1) is 0 Å². The highest BCUT2D eigenvalue weighted by Crippen LogP contribution is 2.08. The zero-order chi connectivity index (χ0) is 11.0. The van der Waals surface area contributed by atoms with Crippen LogP contribution in [0, 0.1) is 5.92 Å². The molecule has 0 aliphatic heterocycles. The van der Waals surface area contributed by atoms with E-state index in [-0.39, 0.29) is 11.8 Å². The highest BCUT2D eigenvalue weighted by molar-refractivity contribution is 5.80. The Bertz CT molecular complexity index is 188. The molecule has 2 N–H and O–H groups in total. The molecular formula is C11H21NO2. The van der Waals surface area contributed by atoms with Gasteiger partial charge in [-0.05, 0) is 12.8 Å². The first-order valence-corrected chi connectivity index (χ1v) is 5.35. The third-order valence-electron chi connectivity index (χ3n) is 2.24. The van der Waals surface area contributed by atoms with E-state index in [1.165, 1.54) is 0 Å². The monoisotopic (exact) mass is 199 g/mol. The van der Waals surface area contributed by atoms with Crippen LogP contribution in [0.4, 0.5) is 0 Å². The van der Waals surface area contributed by atoms with Crippen LogP contribution in [-0.4, -0.2) is 11.7 Å². The largest absolute Gasteiger partial charge is 0.370 e. The molecule has 3 nitrogen and oxygen atoms in total. The fourth-order valence-electron chi connectivity index (χ4n) is 1.24. The molecule has 0 rings (SSSR count). The van der Waals surface area contributed by atoms with Crippen molar-refractivity contribution in [1.29, 1.82) is 0 Å². The molecule has 82 valence electrons. The Hall–Kier alpha value is -0.860. The number of hydrogen-bond acceptors (Lipinski definition) is 2. The predicted molar refractivity (Wildman–Crippen MR) is 56.7 cm³/mol. The Morgan fingerprint density at radius 2 is 1.50 bits per heavy atom. The van der Waals surface area contributed by atoms with Crippen LogP contribution in [0.1, 0.15) is 52.4 Å². The molecule has 0 bridgehead atoms. The Labute approximate surface area is 86.1 Å². The molecule has 0 radical (unpaired) electrons. The van der Waals surface area contributed by atoms with E-state index in [9.17, 15) is 9.59 Å². The number of carbonyl (C=O) groups is 2. The minimum absolute atomic E-state index is 0.153. The number of unbranched alkanes of at least 4 members (excludes halogenated alkanes) is 3. The standard InChI is InChI=1S/C11H21NO2/c1-9(2)10(13)7-5-3-4-6-8-11(12)14/h9H,3-8H2,1-2H3,(H2,12,14). The lowest BCUT2D eigenvalue weighted by molar-refractivity contribution is -0.122. The van der Waals surface area contributed by atoms with E-state index >= 15 is 0 Å². The van der Waals surface area contributed by atoms with Gasteiger partial charge in [-0.3, -0.25) is 9.59 Å². The van der Waals surface area contributed by atoms with Crippen molar-refractivity contribution < 1.29 is 9.59 Å². The molecule has 0 aromatic heterocycles. The van der Waals surface area contributed by atoms with Gasteiger partial charge < -0.3 is 5.73 Å². The normalized spacial score (nSPS) is 10.5. The Morgan fingerprint density at radius 1 is 1.00 bits per heavy atom. The van der Waals surface area contributed by atoms with Gasteiger partial charge in [0.25, 0.3) is 0 Å². The predicted octanol–water partition coefficient (Wildman–Crippen LogP) is 2.04. The first kappa shape index (κ1) is 13.1.